The SMILES string of the molecule is CN(CCN1CCC(N(C(=O)O)c2ccccc2-c2ccccc2)CC1)C(=O)CCCCCN(Cc1ccc(C(=O)N(C)CCCN(C)C(=O)CO[C@H]2Cc3ccccc3C23CCN(CC[C@@]2(c4ccc(F)cc4)CN(C(=O)c4cc(C(F)(F)F)cc(C(F)(F)F)c4)CO2)CC3)s1)CC1CC1. The van der Waals surface area contributed by atoms with E-state index in [1.165, 1.54) is 54.0 Å². The second-order valence-electron chi connectivity index (χ2n) is 28.1. The van der Waals surface area contributed by atoms with Gasteiger partial charge in [-0.15, -0.1) is 11.3 Å². The van der Waals surface area contributed by atoms with Gasteiger partial charge in [-0.3, -0.25) is 29.0 Å². The Labute approximate surface area is 590 Å². The fraction of sp³-hybridized carbons (Fsp3) is 0.494. The highest BCUT2D eigenvalue weighted by Gasteiger charge is 2.51. The molecule has 16 nitrogen and oxygen atoms in total. The topological polar surface area (TPSA) is 150 Å². The fourth-order valence-electron chi connectivity index (χ4n) is 15.0. The average molecular weight is 1420 g/mol. The molecule has 24 heteroatoms. The minimum Gasteiger partial charge on any atom is -0.465 e. The lowest BCUT2D eigenvalue weighted by molar-refractivity contribution is -0.143. The quantitative estimate of drug-likeness (QED) is 0.0353. The van der Waals surface area contributed by atoms with Crippen molar-refractivity contribution in [1.29, 1.82) is 0 Å². The smallest absolute Gasteiger partial charge is 0.416 e. The molecule has 1 spiro atoms. The molecule has 101 heavy (non-hydrogen) atoms. The van der Waals surface area contributed by atoms with Gasteiger partial charge in [0.2, 0.25) is 11.8 Å². The molecule has 4 heterocycles. The first kappa shape index (κ1) is 74.4. The molecule has 5 aliphatic rings. The first-order chi connectivity index (χ1) is 48.4. The van der Waals surface area contributed by atoms with Crippen molar-refractivity contribution in [3.05, 3.63) is 182 Å². The van der Waals surface area contributed by atoms with E-state index in [0.717, 1.165) is 85.0 Å². The number of carboxylic acid groups (broad SMARTS) is 1. The van der Waals surface area contributed by atoms with E-state index >= 15 is 0 Å². The minimum atomic E-state index is -5.15. The van der Waals surface area contributed by atoms with Crippen molar-refractivity contribution in [2.75, 3.05) is 118 Å². The molecule has 5 amide bonds. The highest BCUT2D eigenvalue weighted by Crippen LogP contribution is 2.49. The zero-order chi connectivity index (χ0) is 71.6. The van der Waals surface area contributed by atoms with E-state index in [-0.39, 0.29) is 55.5 Å². The van der Waals surface area contributed by atoms with E-state index in [1.807, 2.05) is 90.8 Å². The van der Waals surface area contributed by atoms with Crippen molar-refractivity contribution in [3.63, 3.8) is 0 Å². The van der Waals surface area contributed by atoms with Crippen molar-refractivity contribution in [2.45, 2.75) is 126 Å². The van der Waals surface area contributed by atoms with Crippen LogP contribution in [0.4, 0.5) is 41.2 Å². The van der Waals surface area contributed by atoms with E-state index in [0.29, 0.717) is 118 Å². The third-order valence-electron chi connectivity index (χ3n) is 21.1. The van der Waals surface area contributed by atoms with Crippen molar-refractivity contribution >= 4 is 46.7 Å². The number of piperidine rings is 2. The third kappa shape index (κ3) is 18.6. The molecule has 1 N–H and O–H groups in total. The molecular weight excluding hydrogens is 1330 g/mol. The number of para-hydroxylation sites is 1. The van der Waals surface area contributed by atoms with E-state index < -0.39 is 64.6 Å². The summed E-state index contributed by atoms with van der Waals surface area (Å²) in [5, 5.41) is 10.4. The number of ether oxygens (including phenoxy) is 2. The number of rotatable bonds is 29. The van der Waals surface area contributed by atoms with Crippen LogP contribution in [0.3, 0.4) is 0 Å². The van der Waals surface area contributed by atoms with Crippen LogP contribution in [0.5, 0.6) is 0 Å². The van der Waals surface area contributed by atoms with Gasteiger partial charge in [0.15, 0.2) is 0 Å². The zero-order valence-corrected chi connectivity index (χ0v) is 58.5. The first-order valence-electron chi connectivity index (χ1n) is 35.2. The number of hydrogen-bond donors (Lipinski definition) is 1. The lowest BCUT2D eigenvalue weighted by Crippen LogP contribution is -2.50. The maximum Gasteiger partial charge on any atom is 0.416 e. The molecule has 1 aromatic heterocycles. The monoisotopic (exact) mass is 1420 g/mol. The molecule has 3 aliphatic heterocycles. The second kappa shape index (κ2) is 32.7. The standard InChI is InChI=1S/C77H91F7N8O8S/c1-85(70(94)51-99-68-47-56-17-9-11-19-65(56)74(68)32-40-89(41-33-74)42-34-75(58-24-26-61(78)27-25-58)52-91(53-100-75)71(95)57-45-59(76(79,80)81)48-60(46-57)77(82,83)84)35-14-36-87(3)72(96)67-29-28-63(101-67)50-90(49-54-22-23-54)37-13-5-8-21-69(93)86(2)43-44-88-38-30-62(31-39-88)92(73(97)98)66-20-12-10-18-64(66)55-15-6-4-7-16-55/h4,6-7,9-12,15-20,24-29,45-46,48,54,62,68H,5,8,13-14,21-23,30-44,47,49-53H2,1-3H3,(H,97,98)/t68-,75-/m0/s1. The predicted molar refractivity (Wildman–Crippen MR) is 373 cm³/mol. The number of alkyl halides is 6. The zero-order valence-electron chi connectivity index (χ0n) is 57.7. The van der Waals surface area contributed by atoms with E-state index in [1.54, 1.807) is 28.8 Å². The van der Waals surface area contributed by atoms with Gasteiger partial charge in [0, 0.05) is 114 Å². The Kier molecular flexibility index (Phi) is 24.1. The first-order valence-corrected chi connectivity index (χ1v) is 36.0. The summed E-state index contributed by atoms with van der Waals surface area (Å²) in [6.07, 6.45) is -1.72. The number of likely N-dealkylation sites (N-methyl/N-ethyl adjacent to an activating group) is 2. The Balaban J connectivity index is 0.592. The Morgan fingerprint density at radius 1 is 0.673 bits per heavy atom. The van der Waals surface area contributed by atoms with Gasteiger partial charge in [-0.05, 0) is 167 Å². The summed E-state index contributed by atoms with van der Waals surface area (Å²) in [4.78, 5) is 83.9. The van der Waals surface area contributed by atoms with Crippen LogP contribution in [-0.4, -0.2) is 194 Å². The number of nitrogens with zero attached hydrogens (tertiary/aromatic N) is 8. The second-order valence-corrected chi connectivity index (χ2v) is 29.2. The number of anilines is 1. The van der Waals surface area contributed by atoms with E-state index in [9.17, 15) is 59.8 Å². The van der Waals surface area contributed by atoms with Gasteiger partial charge in [0.05, 0.1) is 34.3 Å². The van der Waals surface area contributed by atoms with Crippen LogP contribution in [0.2, 0.25) is 0 Å². The molecule has 2 aliphatic carbocycles. The fourth-order valence-corrected chi connectivity index (χ4v) is 16.1. The molecule has 2 atom stereocenters. The van der Waals surface area contributed by atoms with Crippen molar-refractivity contribution in [3.8, 4) is 11.1 Å². The molecule has 11 rings (SSSR count). The summed E-state index contributed by atoms with van der Waals surface area (Å²) in [6.45, 7) is 7.23. The maximum absolute atomic E-state index is 14.3. The molecular formula is C77H91F7N8O8S. The summed E-state index contributed by atoms with van der Waals surface area (Å²) in [5.74, 6) is -1.04. The third-order valence-corrected chi connectivity index (χ3v) is 22.2. The predicted octanol–water partition coefficient (Wildman–Crippen LogP) is 13.8. The Hall–Kier alpha value is -7.74. The van der Waals surface area contributed by atoms with E-state index in [4.69, 9.17) is 9.47 Å². The molecule has 0 unspecified atom stereocenters. The Morgan fingerprint density at radius 2 is 1.33 bits per heavy atom. The number of fused-ring (bicyclic) bond motifs is 2. The number of hydrogen-bond acceptors (Lipinski definition) is 11. The molecule has 4 fully saturated rings. The number of carbonyl (C=O) groups is 5. The normalized spacial score (nSPS) is 18.8. The lowest BCUT2D eigenvalue weighted by atomic mass is 9.72. The number of unbranched alkanes of at least 4 members (excludes halogenated alkanes) is 2. The number of carbonyl (C=O) groups excluding carboxylic acids is 4. The van der Waals surface area contributed by atoms with Crippen LogP contribution in [0.1, 0.15) is 130 Å². The van der Waals surface area contributed by atoms with Crippen LogP contribution >= 0.6 is 11.3 Å². The van der Waals surface area contributed by atoms with Gasteiger partial charge < -0.3 is 44.0 Å². The molecule has 1 saturated carbocycles. The van der Waals surface area contributed by atoms with Gasteiger partial charge in [0.25, 0.3) is 11.8 Å². The Bertz CT molecular complexity index is 3790. The van der Waals surface area contributed by atoms with Gasteiger partial charge in [-0.2, -0.15) is 26.3 Å². The molecule has 0 bridgehead atoms. The number of amides is 5. The minimum absolute atomic E-state index is 0.0257. The maximum atomic E-state index is 14.3. The number of thiophene rings is 1. The Morgan fingerprint density at radius 3 is 2.02 bits per heavy atom. The molecule has 542 valence electrons. The van der Waals surface area contributed by atoms with Crippen LogP contribution in [0.25, 0.3) is 11.1 Å². The van der Waals surface area contributed by atoms with Crippen LogP contribution in [-0.2, 0) is 55.4 Å². The highest BCUT2D eigenvalue weighted by atomic mass is 32.1. The largest absolute Gasteiger partial charge is 0.465 e. The molecule has 3 saturated heterocycles. The van der Waals surface area contributed by atoms with Crippen LogP contribution in [0.15, 0.2) is 133 Å². The molecule has 0 radical (unpaired) electrons. The van der Waals surface area contributed by atoms with Crippen molar-refractivity contribution in [2.24, 2.45) is 5.92 Å². The summed E-state index contributed by atoms with van der Waals surface area (Å²) >= 11 is 1.52. The summed E-state index contributed by atoms with van der Waals surface area (Å²) in [5.41, 5.74) is -0.299. The number of benzene rings is 5. The van der Waals surface area contributed by atoms with E-state index in [2.05, 4.69) is 26.8 Å². The van der Waals surface area contributed by atoms with Gasteiger partial charge in [0.1, 0.15) is 24.8 Å². The van der Waals surface area contributed by atoms with Gasteiger partial charge in [-0.25, -0.2) is 9.18 Å². The molecule has 6 aromatic rings. The van der Waals surface area contributed by atoms with Crippen molar-refractivity contribution in [1.82, 2.24) is 34.3 Å². The van der Waals surface area contributed by atoms with Crippen LogP contribution in [0, 0.1) is 11.7 Å². The number of likely N-dealkylation sites (tertiary alicyclic amines) is 2. The highest BCUT2D eigenvalue weighted by molar-refractivity contribution is 7.14. The number of halogens is 7. The summed E-state index contributed by atoms with van der Waals surface area (Å²) in [7, 11) is 5.39. The summed E-state index contributed by atoms with van der Waals surface area (Å²) in [6, 6.07) is 35.8. The average Bonchev–Trinajstić information content (AvgIpc) is 1.60. The lowest BCUT2D eigenvalue weighted by Gasteiger charge is -2.44. The summed E-state index contributed by atoms with van der Waals surface area (Å²) < 4.78 is 110. The van der Waals surface area contributed by atoms with Crippen molar-refractivity contribution < 1.29 is 69.3 Å². The molecule has 5 aromatic carbocycles. The van der Waals surface area contributed by atoms with Crippen LogP contribution < -0.4 is 4.90 Å². The van der Waals surface area contributed by atoms with Gasteiger partial charge in [-0.1, -0.05) is 91.3 Å². The van der Waals surface area contributed by atoms with Gasteiger partial charge >= 0.3 is 18.4 Å².